The van der Waals surface area contributed by atoms with E-state index in [1.807, 2.05) is 6.92 Å². The van der Waals surface area contributed by atoms with Gasteiger partial charge in [0.2, 0.25) is 0 Å². The first-order chi connectivity index (χ1) is 9.63. The molecule has 0 radical (unpaired) electrons. The highest BCUT2D eigenvalue weighted by atomic mass is 79.9. The lowest BCUT2D eigenvalue weighted by Crippen LogP contribution is -2.25. The average Bonchev–Trinajstić information content (AvgIpc) is 2.42. The van der Waals surface area contributed by atoms with Crippen LogP contribution < -0.4 is 5.32 Å². The first kappa shape index (κ1) is 15.0. The molecule has 0 bridgehead atoms. The lowest BCUT2D eigenvalue weighted by atomic mass is 10.00. The van der Waals surface area contributed by atoms with Crippen LogP contribution in [0.25, 0.3) is 0 Å². The van der Waals surface area contributed by atoms with Gasteiger partial charge in [-0.3, -0.25) is 0 Å². The van der Waals surface area contributed by atoms with Gasteiger partial charge in [-0.25, -0.2) is 18.7 Å². The molecular weight excluding hydrogens is 328 g/mol. The maximum Gasteiger partial charge on any atom is 0.132 e. The van der Waals surface area contributed by atoms with E-state index in [1.54, 1.807) is 12.4 Å². The monoisotopic (exact) mass is 341 g/mol. The van der Waals surface area contributed by atoms with Crippen molar-refractivity contribution in [2.24, 2.45) is 0 Å². The highest BCUT2D eigenvalue weighted by Crippen LogP contribution is 2.28. The molecule has 6 heteroatoms. The number of nitrogens with zero attached hydrogens (tertiary/aromatic N) is 2. The van der Waals surface area contributed by atoms with Gasteiger partial charge in [0.05, 0.1) is 6.04 Å². The number of benzene rings is 1. The molecule has 2 aromatic rings. The first-order valence-electron chi connectivity index (χ1n) is 6.26. The summed E-state index contributed by atoms with van der Waals surface area (Å²) in [6.07, 6.45) is 5.35. The predicted molar refractivity (Wildman–Crippen MR) is 76.2 cm³/mol. The third-order valence-electron chi connectivity index (χ3n) is 2.84. The Kier molecular flexibility index (Phi) is 5.14. The molecular formula is C14H14BrF2N3. The van der Waals surface area contributed by atoms with Crippen molar-refractivity contribution < 1.29 is 8.78 Å². The lowest BCUT2D eigenvalue weighted by molar-refractivity contribution is 0.501. The standard InChI is InChI=1S/C14H14BrF2N3/c1-2-3-20-14(9-6-18-8-19-7-9)13-11(16)4-10(15)5-12(13)17/h4-8,14,20H,2-3H2,1H3. The molecule has 0 aliphatic heterocycles. The molecule has 3 nitrogen and oxygen atoms in total. The number of halogens is 3. The van der Waals surface area contributed by atoms with Crippen LogP contribution in [0.4, 0.5) is 8.78 Å². The highest BCUT2D eigenvalue weighted by molar-refractivity contribution is 9.10. The van der Waals surface area contributed by atoms with Crippen LogP contribution in [0.5, 0.6) is 0 Å². The van der Waals surface area contributed by atoms with E-state index < -0.39 is 17.7 Å². The Bertz CT molecular complexity index is 555. The molecule has 1 aromatic heterocycles. The molecule has 0 saturated heterocycles. The zero-order valence-electron chi connectivity index (χ0n) is 10.9. The molecule has 1 atom stereocenters. The third kappa shape index (κ3) is 3.37. The van der Waals surface area contributed by atoms with E-state index in [9.17, 15) is 8.78 Å². The Morgan fingerprint density at radius 2 is 1.80 bits per heavy atom. The van der Waals surface area contributed by atoms with Gasteiger partial charge in [0.25, 0.3) is 0 Å². The molecule has 1 unspecified atom stereocenters. The van der Waals surface area contributed by atoms with E-state index in [0.29, 0.717) is 16.6 Å². The van der Waals surface area contributed by atoms with Gasteiger partial charge in [0, 0.05) is 28.0 Å². The second-order valence-electron chi connectivity index (χ2n) is 4.34. The van der Waals surface area contributed by atoms with Crippen LogP contribution >= 0.6 is 15.9 Å². The van der Waals surface area contributed by atoms with Crippen LogP contribution in [0.3, 0.4) is 0 Å². The summed E-state index contributed by atoms with van der Waals surface area (Å²) in [5.41, 5.74) is 0.609. The fourth-order valence-electron chi connectivity index (χ4n) is 1.96. The van der Waals surface area contributed by atoms with Crippen molar-refractivity contribution in [2.45, 2.75) is 19.4 Å². The van der Waals surface area contributed by atoms with Gasteiger partial charge in [-0.15, -0.1) is 0 Å². The number of hydrogen-bond donors (Lipinski definition) is 1. The van der Waals surface area contributed by atoms with Crippen molar-refractivity contribution in [1.82, 2.24) is 15.3 Å². The van der Waals surface area contributed by atoms with Gasteiger partial charge in [-0.2, -0.15) is 0 Å². The number of aromatic nitrogens is 2. The Balaban J connectivity index is 2.47. The fourth-order valence-corrected chi connectivity index (χ4v) is 2.37. The normalized spacial score (nSPS) is 12.4. The van der Waals surface area contributed by atoms with Crippen LogP contribution in [0.1, 0.15) is 30.5 Å². The Morgan fingerprint density at radius 1 is 1.20 bits per heavy atom. The lowest BCUT2D eigenvalue weighted by Gasteiger charge is -2.20. The Hall–Kier alpha value is -1.40. The summed E-state index contributed by atoms with van der Waals surface area (Å²) in [5, 5.41) is 3.13. The Morgan fingerprint density at radius 3 is 2.35 bits per heavy atom. The SMILES string of the molecule is CCCNC(c1cncnc1)c1c(F)cc(Br)cc1F. The second-order valence-corrected chi connectivity index (χ2v) is 5.26. The predicted octanol–water partition coefficient (Wildman–Crippen LogP) is 3.61. The molecule has 2 rings (SSSR count). The van der Waals surface area contributed by atoms with Gasteiger partial charge in [-0.05, 0) is 25.1 Å². The molecule has 1 heterocycles. The van der Waals surface area contributed by atoms with Crippen LogP contribution in [-0.4, -0.2) is 16.5 Å². The topological polar surface area (TPSA) is 37.8 Å². The van der Waals surface area contributed by atoms with Gasteiger partial charge in [0.15, 0.2) is 0 Å². The summed E-state index contributed by atoms with van der Waals surface area (Å²) in [6, 6.07) is 1.90. The number of hydrogen-bond acceptors (Lipinski definition) is 3. The van der Waals surface area contributed by atoms with Crippen LogP contribution in [0, 0.1) is 11.6 Å². The summed E-state index contributed by atoms with van der Waals surface area (Å²) in [6.45, 7) is 2.62. The molecule has 106 valence electrons. The van der Waals surface area contributed by atoms with Gasteiger partial charge in [0.1, 0.15) is 18.0 Å². The fraction of sp³-hybridized carbons (Fsp3) is 0.286. The minimum atomic E-state index is -0.607. The summed E-state index contributed by atoms with van der Waals surface area (Å²) in [4.78, 5) is 7.82. The summed E-state index contributed by atoms with van der Waals surface area (Å²) >= 11 is 3.08. The first-order valence-corrected chi connectivity index (χ1v) is 7.05. The zero-order chi connectivity index (χ0) is 14.5. The van der Waals surface area contributed by atoms with Gasteiger partial charge >= 0.3 is 0 Å². The molecule has 0 saturated carbocycles. The van der Waals surface area contributed by atoms with E-state index in [1.165, 1.54) is 18.5 Å². The van der Waals surface area contributed by atoms with Gasteiger partial charge < -0.3 is 5.32 Å². The van der Waals surface area contributed by atoms with Crippen LogP contribution in [-0.2, 0) is 0 Å². The summed E-state index contributed by atoms with van der Waals surface area (Å²) < 4.78 is 28.6. The maximum absolute atomic E-state index is 14.1. The van der Waals surface area contributed by atoms with E-state index in [4.69, 9.17) is 0 Å². The molecule has 0 spiro atoms. The van der Waals surface area contributed by atoms with Crippen LogP contribution in [0.2, 0.25) is 0 Å². The minimum Gasteiger partial charge on any atom is -0.306 e. The quantitative estimate of drug-likeness (QED) is 0.902. The molecule has 20 heavy (non-hydrogen) atoms. The zero-order valence-corrected chi connectivity index (χ0v) is 12.5. The van der Waals surface area contributed by atoms with E-state index in [-0.39, 0.29) is 5.56 Å². The van der Waals surface area contributed by atoms with Crippen molar-refractivity contribution in [3.05, 3.63) is 58.1 Å². The van der Waals surface area contributed by atoms with Crippen molar-refractivity contribution in [3.63, 3.8) is 0 Å². The molecule has 0 fully saturated rings. The van der Waals surface area contributed by atoms with Crippen LogP contribution in [0.15, 0.2) is 35.3 Å². The smallest absolute Gasteiger partial charge is 0.132 e. The molecule has 0 amide bonds. The molecule has 0 aliphatic rings. The molecule has 1 aromatic carbocycles. The summed E-state index contributed by atoms with van der Waals surface area (Å²) in [5.74, 6) is -1.20. The molecule has 0 aliphatic carbocycles. The highest BCUT2D eigenvalue weighted by Gasteiger charge is 2.22. The number of nitrogens with one attached hydrogen (secondary N) is 1. The minimum absolute atomic E-state index is 0.0172. The van der Waals surface area contributed by atoms with Crippen molar-refractivity contribution in [2.75, 3.05) is 6.54 Å². The van der Waals surface area contributed by atoms with E-state index >= 15 is 0 Å². The number of rotatable bonds is 5. The van der Waals surface area contributed by atoms with Crippen molar-refractivity contribution in [3.8, 4) is 0 Å². The second kappa shape index (κ2) is 6.85. The van der Waals surface area contributed by atoms with Crippen molar-refractivity contribution >= 4 is 15.9 Å². The Labute approximate surface area is 124 Å². The summed E-state index contributed by atoms with van der Waals surface area (Å²) in [7, 11) is 0. The average molecular weight is 342 g/mol. The maximum atomic E-state index is 14.1. The van der Waals surface area contributed by atoms with Crippen molar-refractivity contribution in [1.29, 1.82) is 0 Å². The van der Waals surface area contributed by atoms with E-state index in [0.717, 1.165) is 6.42 Å². The van der Waals surface area contributed by atoms with E-state index in [2.05, 4.69) is 31.2 Å². The largest absolute Gasteiger partial charge is 0.306 e. The third-order valence-corrected chi connectivity index (χ3v) is 3.30. The molecule has 1 N–H and O–H groups in total. The van der Waals surface area contributed by atoms with Gasteiger partial charge in [-0.1, -0.05) is 22.9 Å².